The van der Waals surface area contributed by atoms with E-state index in [1.54, 1.807) is 42.5 Å². The van der Waals surface area contributed by atoms with Gasteiger partial charge < -0.3 is 4.74 Å². The fourth-order valence-corrected chi connectivity index (χ4v) is 3.47. The average Bonchev–Trinajstić information content (AvgIpc) is 2.49. The largest absolute Gasteiger partial charge is 0.493 e. The van der Waals surface area contributed by atoms with Gasteiger partial charge in [-0.05, 0) is 60.9 Å². The van der Waals surface area contributed by atoms with Gasteiger partial charge in [0.05, 0.1) is 11.5 Å². The maximum atomic E-state index is 12.4. The second kappa shape index (κ2) is 5.58. The highest BCUT2D eigenvalue weighted by Gasteiger charge is 2.18. The van der Waals surface area contributed by atoms with Gasteiger partial charge in [-0.3, -0.25) is 4.72 Å². The number of benzene rings is 2. The molecule has 0 bridgehead atoms. The number of aryl methyl sites for hydroxylation is 1. The van der Waals surface area contributed by atoms with Crippen LogP contribution in [0.3, 0.4) is 0 Å². The third-order valence-electron chi connectivity index (χ3n) is 3.29. The molecule has 0 spiro atoms. The predicted molar refractivity (Wildman–Crippen MR) is 82.5 cm³/mol. The van der Waals surface area contributed by atoms with E-state index in [9.17, 15) is 8.42 Å². The van der Waals surface area contributed by atoms with Gasteiger partial charge in [0.1, 0.15) is 5.75 Å². The van der Waals surface area contributed by atoms with E-state index in [1.165, 1.54) is 0 Å². The number of ether oxygens (including phenoxy) is 1. The first-order chi connectivity index (χ1) is 10.0. The van der Waals surface area contributed by atoms with Gasteiger partial charge in [-0.25, -0.2) is 8.42 Å². The van der Waals surface area contributed by atoms with Crippen molar-refractivity contribution in [3.8, 4) is 5.75 Å². The van der Waals surface area contributed by atoms with Crippen molar-refractivity contribution in [1.82, 2.24) is 0 Å². The number of nitrogens with one attached hydrogen (secondary N) is 1. The quantitative estimate of drug-likeness (QED) is 0.941. The minimum Gasteiger partial charge on any atom is -0.493 e. The van der Waals surface area contributed by atoms with Crippen LogP contribution in [0.25, 0.3) is 0 Å². The highest BCUT2D eigenvalue weighted by molar-refractivity contribution is 7.92. The van der Waals surface area contributed by atoms with E-state index in [1.807, 2.05) is 0 Å². The summed E-state index contributed by atoms with van der Waals surface area (Å²) in [6.07, 6.45) is 1.74. The average molecular weight is 324 g/mol. The second-order valence-corrected chi connectivity index (χ2v) is 6.95. The fraction of sp³-hybridized carbons (Fsp3) is 0.200. The molecule has 1 N–H and O–H groups in total. The van der Waals surface area contributed by atoms with Crippen LogP contribution in [0.5, 0.6) is 5.75 Å². The second-order valence-electron chi connectivity index (χ2n) is 4.83. The van der Waals surface area contributed by atoms with Crippen molar-refractivity contribution < 1.29 is 13.2 Å². The van der Waals surface area contributed by atoms with E-state index in [0.717, 1.165) is 24.2 Å². The molecule has 1 heterocycles. The topological polar surface area (TPSA) is 55.4 Å². The molecule has 2 aromatic rings. The molecule has 1 aliphatic rings. The van der Waals surface area contributed by atoms with Crippen molar-refractivity contribution in [2.24, 2.45) is 0 Å². The van der Waals surface area contributed by atoms with E-state index < -0.39 is 10.0 Å². The van der Waals surface area contributed by atoms with Gasteiger partial charge in [0.2, 0.25) is 0 Å². The standard InChI is InChI=1S/C15H14ClNO3S/c16-12-3-5-13(6-4-12)17-21(18,19)14-7-8-15-11(10-14)2-1-9-20-15/h3-8,10,17H,1-2,9H2. The number of hydrogen-bond acceptors (Lipinski definition) is 3. The Labute approximate surface area is 128 Å². The number of halogens is 1. The van der Waals surface area contributed by atoms with Crippen molar-refractivity contribution in [1.29, 1.82) is 0 Å². The van der Waals surface area contributed by atoms with Gasteiger partial charge in [0.25, 0.3) is 10.0 Å². The zero-order chi connectivity index (χ0) is 14.9. The van der Waals surface area contributed by atoms with Crippen LogP contribution < -0.4 is 9.46 Å². The summed E-state index contributed by atoms with van der Waals surface area (Å²) >= 11 is 5.79. The van der Waals surface area contributed by atoms with Crippen molar-refractivity contribution in [2.75, 3.05) is 11.3 Å². The molecule has 3 rings (SSSR count). The van der Waals surface area contributed by atoms with Crippen LogP contribution in [0.2, 0.25) is 5.02 Å². The van der Waals surface area contributed by atoms with Crippen LogP contribution >= 0.6 is 11.6 Å². The molecule has 21 heavy (non-hydrogen) atoms. The summed E-state index contributed by atoms with van der Waals surface area (Å²) in [7, 11) is -3.61. The van der Waals surface area contributed by atoms with E-state index in [2.05, 4.69) is 4.72 Å². The number of sulfonamides is 1. The molecular weight excluding hydrogens is 310 g/mol. The molecule has 2 aromatic carbocycles. The van der Waals surface area contributed by atoms with E-state index in [0.29, 0.717) is 17.3 Å². The molecule has 0 radical (unpaired) electrons. The summed E-state index contributed by atoms with van der Waals surface area (Å²) in [5.74, 6) is 0.770. The lowest BCUT2D eigenvalue weighted by Gasteiger charge is -2.18. The summed E-state index contributed by atoms with van der Waals surface area (Å²) in [6.45, 7) is 0.683. The molecule has 0 atom stereocenters. The van der Waals surface area contributed by atoms with E-state index in [-0.39, 0.29) is 4.90 Å². The first-order valence-corrected chi connectivity index (χ1v) is 8.45. The Morgan fingerprint density at radius 1 is 1.10 bits per heavy atom. The maximum Gasteiger partial charge on any atom is 0.261 e. The molecule has 110 valence electrons. The molecule has 0 saturated carbocycles. The van der Waals surface area contributed by atoms with Crippen LogP contribution in [0.1, 0.15) is 12.0 Å². The zero-order valence-corrected chi connectivity index (χ0v) is 12.7. The van der Waals surface area contributed by atoms with Gasteiger partial charge >= 0.3 is 0 Å². The Morgan fingerprint density at radius 2 is 1.86 bits per heavy atom. The Kier molecular flexibility index (Phi) is 3.78. The highest BCUT2D eigenvalue weighted by atomic mass is 35.5. The number of fused-ring (bicyclic) bond motifs is 1. The van der Waals surface area contributed by atoms with Crippen molar-refractivity contribution in [2.45, 2.75) is 17.7 Å². The van der Waals surface area contributed by atoms with Crippen molar-refractivity contribution in [3.05, 3.63) is 53.1 Å². The minimum atomic E-state index is -3.61. The molecule has 4 nitrogen and oxygen atoms in total. The summed E-state index contributed by atoms with van der Waals surface area (Å²) in [5.41, 5.74) is 1.41. The van der Waals surface area contributed by atoms with Crippen molar-refractivity contribution >= 4 is 27.3 Å². The number of rotatable bonds is 3. The third kappa shape index (κ3) is 3.14. The Bertz CT molecular complexity index is 757. The SMILES string of the molecule is O=S(=O)(Nc1ccc(Cl)cc1)c1ccc2c(c1)CCCO2. The van der Waals surface area contributed by atoms with Gasteiger partial charge in [-0.15, -0.1) is 0 Å². The molecule has 6 heteroatoms. The summed E-state index contributed by atoms with van der Waals surface area (Å²) < 4.78 is 32.8. The normalized spacial score (nSPS) is 14.1. The molecule has 0 unspecified atom stereocenters. The highest BCUT2D eigenvalue weighted by Crippen LogP contribution is 2.28. The number of anilines is 1. The Morgan fingerprint density at radius 3 is 2.62 bits per heavy atom. The smallest absolute Gasteiger partial charge is 0.261 e. The molecule has 0 fully saturated rings. The predicted octanol–water partition coefficient (Wildman–Crippen LogP) is 3.47. The lowest BCUT2D eigenvalue weighted by atomic mass is 10.1. The Hall–Kier alpha value is -1.72. The molecule has 0 aliphatic carbocycles. The third-order valence-corrected chi connectivity index (χ3v) is 4.92. The molecule has 0 saturated heterocycles. The van der Waals surface area contributed by atoms with Crippen LogP contribution in [0, 0.1) is 0 Å². The van der Waals surface area contributed by atoms with Gasteiger partial charge in [-0.2, -0.15) is 0 Å². The first-order valence-electron chi connectivity index (χ1n) is 6.59. The van der Waals surface area contributed by atoms with E-state index >= 15 is 0 Å². The lowest BCUT2D eigenvalue weighted by molar-refractivity contribution is 0.288. The first kappa shape index (κ1) is 14.2. The van der Waals surface area contributed by atoms with Gasteiger partial charge in [-0.1, -0.05) is 11.6 Å². The monoisotopic (exact) mass is 323 g/mol. The van der Waals surface area contributed by atoms with Crippen LogP contribution in [0.15, 0.2) is 47.4 Å². The lowest BCUT2D eigenvalue weighted by Crippen LogP contribution is -2.15. The molecule has 0 aromatic heterocycles. The Balaban J connectivity index is 1.89. The summed E-state index contributed by atoms with van der Waals surface area (Å²) in [5, 5.41) is 0.559. The summed E-state index contributed by atoms with van der Waals surface area (Å²) in [6, 6.07) is 11.5. The van der Waals surface area contributed by atoms with Crippen molar-refractivity contribution in [3.63, 3.8) is 0 Å². The van der Waals surface area contributed by atoms with Gasteiger partial charge in [0.15, 0.2) is 0 Å². The zero-order valence-electron chi connectivity index (χ0n) is 11.2. The number of hydrogen-bond donors (Lipinski definition) is 1. The van der Waals surface area contributed by atoms with Crippen LogP contribution in [0.4, 0.5) is 5.69 Å². The summed E-state index contributed by atoms with van der Waals surface area (Å²) in [4.78, 5) is 0.238. The van der Waals surface area contributed by atoms with Crippen LogP contribution in [-0.4, -0.2) is 15.0 Å². The van der Waals surface area contributed by atoms with E-state index in [4.69, 9.17) is 16.3 Å². The minimum absolute atomic E-state index is 0.238. The maximum absolute atomic E-state index is 12.4. The molecule has 0 amide bonds. The van der Waals surface area contributed by atoms with Crippen LogP contribution in [-0.2, 0) is 16.4 Å². The molecular formula is C15H14ClNO3S. The molecule has 1 aliphatic heterocycles. The fourth-order valence-electron chi connectivity index (χ4n) is 2.24. The van der Waals surface area contributed by atoms with Gasteiger partial charge in [0, 0.05) is 10.7 Å².